The summed E-state index contributed by atoms with van der Waals surface area (Å²) in [6.07, 6.45) is 2.01. The van der Waals surface area contributed by atoms with Crippen LogP contribution in [0.25, 0.3) is 16.8 Å². The van der Waals surface area contributed by atoms with Crippen molar-refractivity contribution in [3.8, 4) is 5.75 Å². The maximum Gasteiger partial charge on any atom is 0.331 e. The first-order valence-corrected chi connectivity index (χ1v) is 9.35. The van der Waals surface area contributed by atoms with Crippen molar-refractivity contribution in [1.29, 1.82) is 0 Å². The van der Waals surface area contributed by atoms with E-state index in [9.17, 15) is 9.59 Å². The number of nitrogens with one attached hydrogen (secondary N) is 1. The monoisotopic (exact) mass is 409 g/mol. The third kappa shape index (κ3) is 5.59. The van der Waals surface area contributed by atoms with Crippen LogP contribution in [0.2, 0.25) is 5.02 Å². The number of hydrogen-bond acceptors (Lipinski definition) is 4. The predicted molar refractivity (Wildman–Crippen MR) is 115 cm³/mol. The molecule has 0 radical (unpaired) electrons. The van der Waals surface area contributed by atoms with Crippen LogP contribution in [0.4, 0.5) is 5.69 Å². The Hall–Kier alpha value is -3.31. The average Bonchev–Trinajstić information content (AvgIpc) is 2.73. The summed E-state index contributed by atoms with van der Waals surface area (Å²) in [4.78, 5) is 24.2. The largest absolute Gasteiger partial charge is 0.497 e. The zero-order valence-corrected chi connectivity index (χ0v) is 16.8. The molecule has 0 fully saturated rings. The molecule has 0 heterocycles. The Morgan fingerprint density at radius 1 is 1.00 bits per heavy atom. The van der Waals surface area contributed by atoms with E-state index >= 15 is 0 Å². The number of carbonyl (C=O) groups is 2. The fourth-order valence-electron chi connectivity index (χ4n) is 2.68. The number of carbonyl (C=O) groups excluding carboxylic acids is 2. The van der Waals surface area contributed by atoms with Crippen molar-refractivity contribution in [2.75, 3.05) is 12.4 Å². The molecule has 3 aromatic rings. The van der Waals surface area contributed by atoms with Crippen LogP contribution in [0.5, 0.6) is 5.75 Å². The summed E-state index contributed by atoms with van der Waals surface area (Å²) in [5.74, 6) is -0.234. The Morgan fingerprint density at radius 2 is 1.69 bits per heavy atom. The van der Waals surface area contributed by atoms with Gasteiger partial charge in [-0.2, -0.15) is 0 Å². The van der Waals surface area contributed by atoms with Crippen molar-refractivity contribution in [2.45, 2.75) is 13.0 Å². The summed E-state index contributed by atoms with van der Waals surface area (Å²) in [5, 5.41) is 5.30. The third-order valence-corrected chi connectivity index (χ3v) is 4.51. The predicted octanol–water partition coefficient (Wildman–Crippen LogP) is 5.09. The maximum atomic E-state index is 12.2. The lowest BCUT2D eigenvalue weighted by molar-refractivity contribution is -0.148. The van der Waals surface area contributed by atoms with E-state index in [-0.39, 0.29) is 0 Å². The molecule has 1 N–H and O–H groups in total. The first-order chi connectivity index (χ1) is 13.9. The zero-order chi connectivity index (χ0) is 20.8. The van der Waals surface area contributed by atoms with Gasteiger partial charge in [0.25, 0.3) is 5.91 Å². The Bertz CT molecular complexity index is 1060. The Kier molecular flexibility index (Phi) is 6.52. The van der Waals surface area contributed by atoms with E-state index in [0.29, 0.717) is 10.7 Å². The molecule has 0 saturated carbocycles. The van der Waals surface area contributed by atoms with Gasteiger partial charge in [0.15, 0.2) is 6.10 Å². The molecule has 3 aromatic carbocycles. The van der Waals surface area contributed by atoms with Crippen LogP contribution >= 0.6 is 11.6 Å². The summed E-state index contributed by atoms with van der Waals surface area (Å²) in [6, 6.07) is 18.2. The van der Waals surface area contributed by atoms with Crippen molar-refractivity contribution in [3.05, 3.63) is 77.3 Å². The highest BCUT2D eigenvalue weighted by molar-refractivity contribution is 6.30. The minimum Gasteiger partial charge on any atom is -0.497 e. The van der Waals surface area contributed by atoms with Crippen molar-refractivity contribution in [2.24, 2.45) is 0 Å². The second-order valence-electron chi connectivity index (χ2n) is 6.38. The van der Waals surface area contributed by atoms with Gasteiger partial charge in [-0.05, 0) is 71.8 Å². The number of methoxy groups -OCH3 is 1. The lowest BCUT2D eigenvalue weighted by Gasteiger charge is -2.12. The number of anilines is 1. The van der Waals surface area contributed by atoms with E-state index in [2.05, 4.69) is 5.32 Å². The first kappa shape index (κ1) is 20.4. The van der Waals surface area contributed by atoms with Gasteiger partial charge < -0.3 is 14.8 Å². The summed E-state index contributed by atoms with van der Waals surface area (Å²) in [6.45, 7) is 1.51. The van der Waals surface area contributed by atoms with Gasteiger partial charge in [-0.15, -0.1) is 0 Å². The van der Waals surface area contributed by atoms with Gasteiger partial charge in [-0.25, -0.2) is 4.79 Å². The van der Waals surface area contributed by atoms with Crippen LogP contribution in [0.1, 0.15) is 12.5 Å². The lowest BCUT2D eigenvalue weighted by Crippen LogP contribution is -2.29. The van der Waals surface area contributed by atoms with Gasteiger partial charge in [0.05, 0.1) is 7.11 Å². The molecule has 5 nitrogen and oxygen atoms in total. The van der Waals surface area contributed by atoms with E-state index in [1.807, 2.05) is 36.4 Å². The second kappa shape index (κ2) is 9.26. The highest BCUT2D eigenvalue weighted by atomic mass is 35.5. The van der Waals surface area contributed by atoms with Crippen LogP contribution in [0.15, 0.2) is 66.7 Å². The van der Waals surface area contributed by atoms with E-state index in [1.54, 1.807) is 37.5 Å². The quantitative estimate of drug-likeness (QED) is 0.455. The molecule has 3 rings (SSSR count). The molecule has 0 spiro atoms. The highest BCUT2D eigenvalue weighted by Gasteiger charge is 2.16. The molecule has 0 unspecified atom stereocenters. The molecule has 1 atom stereocenters. The van der Waals surface area contributed by atoms with Crippen LogP contribution in [-0.2, 0) is 14.3 Å². The summed E-state index contributed by atoms with van der Waals surface area (Å²) in [7, 11) is 1.63. The first-order valence-electron chi connectivity index (χ1n) is 8.97. The Labute approximate surface area is 173 Å². The molecule has 0 aromatic heterocycles. The molecule has 0 aliphatic rings. The van der Waals surface area contributed by atoms with E-state index in [0.717, 1.165) is 22.1 Å². The molecule has 0 bridgehead atoms. The van der Waals surface area contributed by atoms with E-state index in [1.165, 1.54) is 13.0 Å². The third-order valence-electron chi connectivity index (χ3n) is 4.26. The molecular formula is C23H20ClNO4. The van der Waals surface area contributed by atoms with Crippen LogP contribution in [0.3, 0.4) is 0 Å². The summed E-state index contributed by atoms with van der Waals surface area (Å²) in [5.41, 5.74) is 1.42. The number of amides is 1. The van der Waals surface area contributed by atoms with Crippen molar-refractivity contribution in [1.82, 2.24) is 0 Å². The minimum absolute atomic E-state index is 0.422. The normalized spacial score (nSPS) is 12.0. The van der Waals surface area contributed by atoms with E-state index in [4.69, 9.17) is 21.1 Å². The topological polar surface area (TPSA) is 64.6 Å². The number of hydrogen-bond donors (Lipinski definition) is 1. The van der Waals surface area contributed by atoms with Gasteiger partial charge in [-0.3, -0.25) is 4.79 Å². The minimum atomic E-state index is -0.938. The Balaban J connectivity index is 1.59. The molecule has 1 amide bonds. The van der Waals surface area contributed by atoms with Crippen LogP contribution in [0, 0.1) is 0 Å². The highest BCUT2D eigenvalue weighted by Crippen LogP contribution is 2.22. The average molecular weight is 410 g/mol. The molecule has 0 saturated heterocycles. The summed E-state index contributed by atoms with van der Waals surface area (Å²) < 4.78 is 10.4. The van der Waals surface area contributed by atoms with Gasteiger partial charge in [-0.1, -0.05) is 29.8 Å². The van der Waals surface area contributed by atoms with E-state index < -0.39 is 18.0 Å². The standard InChI is InChI=1S/C23H20ClNO4/c1-15(23(27)25-20-9-7-19(24)8-10-20)29-22(26)12-4-16-3-5-18-14-21(28-2)11-6-17(18)13-16/h3-15H,1-2H3,(H,25,27)/b12-4+/t15-/m0/s1. The molecule has 29 heavy (non-hydrogen) atoms. The van der Waals surface area contributed by atoms with Gasteiger partial charge in [0.2, 0.25) is 0 Å². The number of halogens is 1. The number of benzene rings is 3. The molecule has 148 valence electrons. The fourth-order valence-corrected chi connectivity index (χ4v) is 2.81. The van der Waals surface area contributed by atoms with Crippen LogP contribution in [-0.4, -0.2) is 25.1 Å². The number of rotatable bonds is 6. The van der Waals surface area contributed by atoms with Crippen molar-refractivity contribution >= 4 is 46.0 Å². The second-order valence-corrected chi connectivity index (χ2v) is 6.82. The van der Waals surface area contributed by atoms with Gasteiger partial charge in [0.1, 0.15) is 5.75 Å². The van der Waals surface area contributed by atoms with Gasteiger partial charge >= 0.3 is 5.97 Å². The lowest BCUT2D eigenvalue weighted by atomic mass is 10.1. The number of fused-ring (bicyclic) bond motifs is 1. The SMILES string of the molecule is COc1ccc2cc(/C=C/C(=O)O[C@@H](C)C(=O)Nc3ccc(Cl)cc3)ccc2c1. The maximum absolute atomic E-state index is 12.2. The zero-order valence-electron chi connectivity index (χ0n) is 16.0. The van der Waals surface area contributed by atoms with Crippen LogP contribution < -0.4 is 10.1 Å². The molecule has 6 heteroatoms. The smallest absolute Gasteiger partial charge is 0.331 e. The summed E-state index contributed by atoms with van der Waals surface area (Å²) >= 11 is 5.82. The van der Waals surface area contributed by atoms with Crippen molar-refractivity contribution in [3.63, 3.8) is 0 Å². The fraction of sp³-hybridized carbons (Fsp3) is 0.130. The van der Waals surface area contributed by atoms with Crippen molar-refractivity contribution < 1.29 is 19.1 Å². The van der Waals surface area contributed by atoms with Gasteiger partial charge in [0, 0.05) is 16.8 Å². The molecular weight excluding hydrogens is 390 g/mol. The number of esters is 1. The molecule has 0 aliphatic carbocycles. The Morgan fingerprint density at radius 3 is 2.41 bits per heavy atom. The number of ether oxygens (including phenoxy) is 2. The molecule has 0 aliphatic heterocycles.